The Morgan fingerprint density at radius 1 is 1.24 bits per heavy atom. The first-order chi connectivity index (χ1) is 7.61. The summed E-state index contributed by atoms with van der Waals surface area (Å²) in [5, 5.41) is -3.83. The molecule has 0 aliphatic heterocycles. The maximum Gasteiger partial charge on any atom is 0.388 e. The molecule has 100 valence electrons. The summed E-state index contributed by atoms with van der Waals surface area (Å²) < 4.78 is 32.7. The van der Waals surface area contributed by atoms with Crippen molar-refractivity contribution < 1.29 is 27.8 Å². The van der Waals surface area contributed by atoms with Gasteiger partial charge in [-0.05, 0) is 13.3 Å². The van der Waals surface area contributed by atoms with Crippen LogP contribution in [0.25, 0.3) is 0 Å². The van der Waals surface area contributed by atoms with Crippen molar-refractivity contribution in [2.75, 3.05) is 13.2 Å². The van der Waals surface area contributed by atoms with Gasteiger partial charge in [0.25, 0.3) is 0 Å². The van der Waals surface area contributed by atoms with Crippen molar-refractivity contribution in [3.8, 4) is 0 Å². The van der Waals surface area contributed by atoms with Crippen molar-refractivity contribution in [2.45, 2.75) is 28.9 Å². The van der Waals surface area contributed by atoms with Crippen LogP contribution in [-0.2, 0) is 19.1 Å². The number of alkyl halides is 3. The van der Waals surface area contributed by atoms with Gasteiger partial charge in [0.05, 0.1) is 0 Å². The molecule has 0 bridgehead atoms. The van der Waals surface area contributed by atoms with Crippen LogP contribution in [-0.4, -0.2) is 33.8 Å². The quantitative estimate of drug-likeness (QED) is 0.252. The molecule has 0 aromatic carbocycles. The minimum Gasteiger partial charge on any atom is -0.461 e. The zero-order valence-corrected chi connectivity index (χ0v) is 12.4. The predicted octanol–water partition coefficient (Wildman–Crippen LogP) is 2.20. The second kappa shape index (κ2) is 6.72. The molecule has 0 N–H and O–H groups in total. The van der Waals surface area contributed by atoms with Gasteiger partial charge in [-0.15, -0.1) is 0 Å². The van der Waals surface area contributed by atoms with Gasteiger partial charge in [0, 0.05) is 0 Å². The van der Waals surface area contributed by atoms with E-state index < -0.39 is 27.2 Å². The summed E-state index contributed by atoms with van der Waals surface area (Å²) in [7, 11) is 0. The molecule has 0 spiro atoms. The van der Waals surface area contributed by atoms with E-state index in [4.69, 9.17) is 4.74 Å². The first-order valence-corrected chi connectivity index (χ1v) is 6.27. The number of hydrogen-bond acceptors (Lipinski definition) is 5. The highest BCUT2D eigenvalue weighted by Crippen LogP contribution is 2.23. The summed E-state index contributed by atoms with van der Waals surface area (Å²) in [6.07, 6.45) is 0.570. The lowest BCUT2D eigenvalue weighted by molar-refractivity contribution is -0.164. The van der Waals surface area contributed by atoms with E-state index in [0.29, 0.717) is 6.42 Å². The molecule has 8 heteroatoms. The molecule has 0 aliphatic rings. The van der Waals surface area contributed by atoms with Crippen LogP contribution >= 0.6 is 35.2 Å². The van der Waals surface area contributed by atoms with Gasteiger partial charge < -0.3 is 9.47 Å². The van der Waals surface area contributed by atoms with E-state index in [2.05, 4.69) is 17.4 Å². The first kappa shape index (κ1) is 16.9. The number of halogens is 3. The van der Waals surface area contributed by atoms with Crippen LogP contribution in [0.5, 0.6) is 0 Å². The molecule has 4 nitrogen and oxygen atoms in total. The van der Waals surface area contributed by atoms with Crippen LogP contribution in [0.3, 0.4) is 0 Å². The fraction of sp³-hybridized carbons (Fsp3) is 0.778. The van der Waals surface area contributed by atoms with Crippen LogP contribution < -0.4 is 0 Å². The molecular weight excluding hydrogens is 369 g/mol. The smallest absolute Gasteiger partial charge is 0.388 e. The molecule has 1 atom stereocenters. The number of carbonyl (C=O) groups is 2. The Labute approximate surface area is 117 Å². The molecule has 0 rings (SSSR count). The molecule has 0 aliphatic carbocycles. The molecule has 17 heavy (non-hydrogen) atoms. The maximum atomic E-state index is 12.2. The monoisotopic (exact) mass is 382 g/mol. The lowest BCUT2D eigenvalue weighted by atomic mass is 10.1. The van der Waals surface area contributed by atoms with Crippen molar-refractivity contribution in [2.24, 2.45) is 0 Å². The van der Waals surface area contributed by atoms with Crippen LogP contribution in [0.15, 0.2) is 0 Å². The van der Waals surface area contributed by atoms with Crippen LogP contribution in [0, 0.1) is 0 Å². The van der Waals surface area contributed by atoms with Crippen molar-refractivity contribution in [3.05, 3.63) is 0 Å². The number of ether oxygens (including phenoxy) is 2. The second-order valence-corrected chi connectivity index (χ2v) is 6.31. The van der Waals surface area contributed by atoms with Gasteiger partial charge in [-0.3, -0.25) is 4.79 Å². The average Bonchev–Trinajstić information content (AvgIpc) is 2.22. The SMILES string of the molecule is CCC(C)(I)C(=O)OCCOC(=O)C(F)(F)S. The van der Waals surface area contributed by atoms with Gasteiger partial charge >= 0.3 is 17.2 Å². The molecule has 0 saturated heterocycles. The van der Waals surface area contributed by atoms with Gasteiger partial charge in [-0.2, -0.15) is 8.78 Å². The lowest BCUT2D eigenvalue weighted by Crippen LogP contribution is -2.31. The minimum absolute atomic E-state index is 0.257. The Bertz CT molecular complexity index is 291. The maximum absolute atomic E-state index is 12.2. The summed E-state index contributed by atoms with van der Waals surface area (Å²) in [4.78, 5) is 22.0. The molecule has 0 aromatic heterocycles. The third-order valence-corrected chi connectivity index (χ3v) is 3.27. The Morgan fingerprint density at radius 3 is 2.00 bits per heavy atom. The summed E-state index contributed by atoms with van der Waals surface area (Å²) in [5.74, 6) is -2.24. The predicted molar refractivity (Wildman–Crippen MR) is 68.6 cm³/mol. The molecule has 1 unspecified atom stereocenters. The standard InChI is InChI=1S/C9H13F2IO4S/c1-3-8(2,12)6(13)15-4-5-16-7(14)9(10,11)17/h17H,3-5H2,1-2H3. The fourth-order valence-electron chi connectivity index (χ4n) is 0.650. The molecule has 0 heterocycles. The highest BCUT2D eigenvalue weighted by molar-refractivity contribution is 14.1. The normalized spacial score (nSPS) is 14.9. The van der Waals surface area contributed by atoms with Gasteiger partial charge in [0.15, 0.2) is 0 Å². The third kappa shape index (κ3) is 6.39. The largest absolute Gasteiger partial charge is 0.461 e. The lowest BCUT2D eigenvalue weighted by Gasteiger charge is -2.18. The van der Waals surface area contributed by atoms with E-state index in [9.17, 15) is 18.4 Å². The summed E-state index contributed by atoms with van der Waals surface area (Å²) >= 11 is 4.67. The third-order valence-electron chi connectivity index (χ3n) is 1.88. The number of thiol groups is 1. The summed E-state index contributed by atoms with van der Waals surface area (Å²) in [6, 6.07) is 0. The van der Waals surface area contributed by atoms with E-state index in [0.717, 1.165) is 0 Å². The summed E-state index contributed by atoms with van der Waals surface area (Å²) in [6.45, 7) is 2.82. The van der Waals surface area contributed by atoms with Crippen molar-refractivity contribution in [1.29, 1.82) is 0 Å². The van der Waals surface area contributed by atoms with E-state index >= 15 is 0 Å². The molecular formula is C9H13F2IO4S. The Balaban J connectivity index is 3.88. The minimum atomic E-state index is -3.83. The van der Waals surface area contributed by atoms with Crippen molar-refractivity contribution >= 4 is 47.2 Å². The number of carbonyl (C=O) groups excluding carboxylic acids is 2. The van der Waals surface area contributed by atoms with E-state index in [1.165, 1.54) is 0 Å². The van der Waals surface area contributed by atoms with E-state index in [1.807, 2.05) is 29.5 Å². The molecule has 0 saturated carbocycles. The average molecular weight is 382 g/mol. The van der Waals surface area contributed by atoms with Gasteiger partial charge in [0.2, 0.25) is 0 Å². The van der Waals surface area contributed by atoms with Crippen LogP contribution in [0.4, 0.5) is 8.78 Å². The van der Waals surface area contributed by atoms with Crippen LogP contribution in [0.1, 0.15) is 20.3 Å². The highest BCUT2D eigenvalue weighted by Gasteiger charge is 2.36. The molecule has 0 radical (unpaired) electrons. The Morgan fingerprint density at radius 2 is 1.65 bits per heavy atom. The number of rotatable bonds is 6. The Kier molecular flexibility index (Phi) is 6.67. The van der Waals surface area contributed by atoms with Gasteiger partial charge in [0.1, 0.15) is 16.6 Å². The number of esters is 2. The van der Waals surface area contributed by atoms with Gasteiger partial charge in [-0.25, -0.2) is 4.79 Å². The van der Waals surface area contributed by atoms with Crippen LogP contribution in [0.2, 0.25) is 0 Å². The fourth-order valence-corrected chi connectivity index (χ4v) is 0.871. The van der Waals surface area contributed by atoms with E-state index in [-0.39, 0.29) is 6.61 Å². The first-order valence-electron chi connectivity index (χ1n) is 4.75. The highest BCUT2D eigenvalue weighted by atomic mass is 127. The number of hydrogen-bond donors (Lipinski definition) is 1. The van der Waals surface area contributed by atoms with E-state index in [1.54, 1.807) is 6.92 Å². The Hall–Kier alpha value is -0.120. The second-order valence-electron chi connectivity index (χ2n) is 3.36. The summed E-state index contributed by atoms with van der Waals surface area (Å²) in [5.41, 5.74) is 0. The molecule has 0 fully saturated rings. The molecule has 0 aromatic rings. The molecule has 0 amide bonds. The van der Waals surface area contributed by atoms with Crippen molar-refractivity contribution in [1.82, 2.24) is 0 Å². The topological polar surface area (TPSA) is 52.6 Å². The van der Waals surface area contributed by atoms with Crippen molar-refractivity contribution in [3.63, 3.8) is 0 Å². The van der Waals surface area contributed by atoms with Gasteiger partial charge in [-0.1, -0.05) is 42.1 Å². The zero-order valence-electron chi connectivity index (χ0n) is 9.34. The zero-order chi connectivity index (χ0) is 13.7.